The molecule has 0 aromatic carbocycles. The van der Waals surface area contributed by atoms with Crippen LogP contribution in [0.5, 0.6) is 0 Å². The summed E-state index contributed by atoms with van der Waals surface area (Å²) in [6, 6.07) is 5.74. The van der Waals surface area contributed by atoms with E-state index < -0.39 is 5.91 Å². The van der Waals surface area contributed by atoms with Crippen LogP contribution in [-0.2, 0) is 9.53 Å². The number of piperidine rings is 1. The number of likely N-dealkylation sites (tertiary alicyclic amines) is 1. The van der Waals surface area contributed by atoms with Crippen molar-refractivity contribution < 1.29 is 14.3 Å². The molecule has 6 rings (SSSR count). The average molecular weight is 505 g/mol. The lowest BCUT2D eigenvalue weighted by Gasteiger charge is -2.47. The molecule has 194 valence electrons. The van der Waals surface area contributed by atoms with Crippen molar-refractivity contribution in [2.45, 2.75) is 45.1 Å². The summed E-state index contributed by atoms with van der Waals surface area (Å²) in [5.41, 5.74) is 3.70. The van der Waals surface area contributed by atoms with Gasteiger partial charge in [-0.3, -0.25) is 23.9 Å². The Morgan fingerprint density at radius 3 is 2.59 bits per heavy atom. The standard InChI is InChI=1S/C26H32N8O3/c1-17-21(11-19(13-27-17)29-23(35)14-33-9-6-26(7-10-33)4-2-5-26)30-25(36)24-32-31-22-12-18(3-8-34(22)24)28-20-15-37-16-20/h3,8,11-13,20,28H,2,4-7,9-10,14-16H2,1H3,(H,29,35)(H,30,36). The van der Waals surface area contributed by atoms with Gasteiger partial charge in [-0.1, -0.05) is 6.42 Å². The third kappa shape index (κ3) is 5.01. The number of aryl methyl sites for hydroxylation is 1. The van der Waals surface area contributed by atoms with Crippen LogP contribution in [-0.4, -0.2) is 75.2 Å². The number of rotatable bonds is 7. The second-order valence-electron chi connectivity index (χ2n) is 10.5. The van der Waals surface area contributed by atoms with Crippen molar-refractivity contribution >= 4 is 34.5 Å². The monoisotopic (exact) mass is 504 g/mol. The molecule has 5 heterocycles. The minimum absolute atomic E-state index is 0.0752. The van der Waals surface area contributed by atoms with Crippen LogP contribution in [0.4, 0.5) is 17.1 Å². The van der Waals surface area contributed by atoms with E-state index in [0.717, 1.165) is 18.8 Å². The molecule has 11 nitrogen and oxygen atoms in total. The third-order valence-electron chi connectivity index (χ3n) is 7.94. The molecule has 1 saturated carbocycles. The Balaban J connectivity index is 1.08. The van der Waals surface area contributed by atoms with Crippen LogP contribution < -0.4 is 16.0 Å². The maximum absolute atomic E-state index is 13.0. The molecule has 2 amide bonds. The number of hydrogen-bond acceptors (Lipinski definition) is 8. The first kappa shape index (κ1) is 23.8. The number of nitrogens with one attached hydrogen (secondary N) is 3. The normalized spacial score (nSPS) is 19.3. The summed E-state index contributed by atoms with van der Waals surface area (Å²) in [7, 11) is 0. The van der Waals surface area contributed by atoms with Crippen molar-refractivity contribution in [1.82, 2.24) is 24.5 Å². The number of fused-ring (bicyclic) bond motifs is 1. The number of anilines is 3. The molecule has 3 fully saturated rings. The number of amides is 2. The Morgan fingerprint density at radius 2 is 1.89 bits per heavy atom. The number of carbonyl (C=O) groups excluding carboxylic acids is 2. The molecular weight excluding hydrogens is 472 g/mol. The van der Waals surface area contributed by atoms with Gasteiger partial charge in [-0.2, -0.15) is 0 Å². The van der Waals surface area contributed by atoms with Gasteiger partial charge in [0.05, 0.1) is 49.1 Å². The molecule has 1 spiro atoms. The summed E-state index contributed by atoms with van der Waals surface area (Å²) in [5.74, 6) is -0.322. The number of carbonyl (C=O) groups is 2. The van der Waals surface area contributed by atoms with Crippen molar-refractivity contribution in [1.29, 1.82) is 0 Å². The summed E-state index contributed by atoms with van der Waals surface area (Å²) in [6.07, 6.45) is 9.78. The fraction of sp³-hybridized carbons (Fsp3) is 0.500. The molecule has 0 bridgehead atoms. The lowest BCUT2D eigenvalue weighted by Crippen LogP contribution is -2.45. The van der Waals surface area contributed by atoms with Gasteiger partial charge in [0.25, 0.3) is 5.91 Å². The molecule has 3 aromatic heterocycles. The maximum Gasteiger partial charge on any atom is 0.294 e. The summed E-state index contributed by atoms with van der Waals surface area (Å²) >= 11 is 0. The fourth-order valence-electron chi connectivity index (χ4n) is 5.36. The minimum atomic E-state index is -0.410. The lowest BCUT2D eigenvalue weighted by molar-refractivity contribution is -0.118. The summed E-state index contributed by atoms with van der Waals surface area (Å²) in [5, 5.41) is 17.4. The zero-order valence-electron chi connectivity index (χ0n) is 21.0. The van der Waals surface area contributed by atoms with Crippen LogP contribution in [0.1, 0.15) is 48.4 Å². The third-order valence-corrected chi connectivity index (χ3v) is 7.94. The Hall–Kier alpha value is -3.57. The highest BCUT2D eigenvalue weighted by molar-refractivity contribution is 6.03. The SMILES string of the molecule is Cc1ncc(NC(=O)CN2CCC3(CCC3)CC2)cc1NC(=O)c1nnc2cc(NC3COC3)ccn12. The quantitative estimate of drug-likeness (QED) is 0.449. The Labute approximate surface area is 215 Å². The van der Waals surface area contributed by atoms with E-state index in [2.05, 4.69) is 36.0 Å². The van der Waals surface area contributed by atoms with Crippen molar-refractivity contribution in [2.75, 3.05) is 48.8 Å². The van der Waals surface area contributed by atoms with E-state index in [1.807, 2.05) is 12.1 Å². The highest BCUT2D eigenvalue weighted by Gasteiger charge is 2.39. The van der Waals surface area contributed by atoms with Crippen molar-refractivity contribution in [2.24, 2.45) is 5.41 Å². The topological polar surface area (TPSA) is 126 Å². The van der Waals surface area contributed by atoms with Crippen molar-refractivity contribution in [3.63, 3.8) is 0 Å². The second kappa shape index (κ2) is 9.71. The van der Waals surface area contributed by atoms with E-state index in [0.29, 0.717) is 47.9 Å². The van der Waals surface area contributed by atoms with Crippen LogP contribution in [0.2, 0.25) is 0 Å². The molecular formula is C26H32N8O3. The van der Waals surface area contributed by atoms with Gasteiger partial charge in [0.15, 0.2) is 5.65 Å². The molecule has 3 aliphatic rings. The van der Waals surface area contributed by atoms with E-state index in [9.17, 15) is 9.59 Å². The predicted octanol–water partition coefficient (Wildman–Crippen LogP) is 2.70. The van der Waals surface area contributed by atoms with E-state index in [1.165, 1.54) is 32.1 Å². The molecule has 2 saturated heterocycles. The number of nitrogens with zero attached hydrogens (tertiary/aromatic N) is 5. The Morgan fingerprint density at radius 1 is 1.08 bits per heavy atom. The van der Waals surface area contributed by atoms with E-state index in [1.54, 1.807) is 29.8 Å². The first-order chi connectivity index (χ1) is 18.0. The van der Waals surface area contributed by atoms with Crippen LogP contribution >= 0.6 is 0 Å². The number of hydrogen-bond donors (Lipinski definition) is 3. The fourth-order valence-corrected chi connectivity index (χ4v) is 5.36. The van der Waals surface area contributed by atoms with Crippen LogP contribution in [0, 0.1) is 12.3 Å². The lowest BCUT2D eigenvalue weighted by atomic mass is 9.63. The number of ether oxygens (including phenoxy) is 1. The summed E-state index contributed by atoms with van der Waals surface area (Å²) < 4.78 is 6.83. The van der Waals surface area contributed by atoms with Gasteiger partial charge in [0.2, 0.25) is 11.7 Å². The van der Waals surface area contributed by atoms with Crippen LogP contribution in [0.15, 0.2) is 30.6 Å². The van der Waals surface area contributed by atoms with Gasteiger partial charge in [-0.25, -0.2) is 0 Å². The zero-order chi connectivity index (χ0) is 25.4. The highest BCUT2D eigenvalue weighted by Crippen LogP contribution is 2.48. The summed E-state index contributed by atoms with van der Waals surface area (Å²) in [6.45, 7) is 5.46. The molecule has 2 aliphatic heterocycles. The van der Waals surface area contributed by atoms with Gasteiger partial charge >= 0.3 is 0 Å². The zero-order valence-corrected chi connectivity index (χ0v) is 21.0. The van der Waals surface area contributed by atoms with Gasteiger partial charge in [0, 0.05) is 18.0 Å². The molecule has 3 aromatic rings. The summed E-state index contributed by atoms with van der Waals surface area (Å²) in [4.78, 5) is 32.3. The molecule has 0 atom stereocenters. The molecule has 0 unspecified atom stereocenters. The number of pyridine rings is 2. The van der Waals surface area contributed by atoms with E-state index in [4.69, 9.17) is 4.74 Å². The van der Waals surface area contributed by atoms with Gasteiger partial charge in [-0.05, 0) is 63.2 Å². The van der Waals surface area contributed by atoms with Gasteiger partial charge in [-0.15, -0.1) is 10.2 Å². The molecule has 1 aliphatic carbocycles. The highest BCUT2D eigenvalue weighted by atomic mass is 16.5. The van der Waals surface area contributed by atoms with E-state index in [-0.39, 0.29) is 17.8 Å². The molecule has 11 heteroatoms. The molecule has 0 radical (unpaired) electrons. The molecule has 3 N–H and O–H groups in total. The van der Waals surface area contributed by atoms with Crippen LogP contribution in [0.25, 0.3) is 5.65 Å². The minimum Gasteiger partial charge on any atom is -0.377 e. The largest absolute Gasteiger partial charge is 0.377 e. The number of aromatic nitrogens is 4. The second-order valence-corrected chi connectivity index (χ2v) is 10.5. The molecule has 37 heavy (non-hydrogen) atoms. The van der Waals surface area contributed by atoms with Crippen molar-refractivity contribution in [3.05, 3.63) is 42.1 Å². The van der Waals surface area contributed by atoms with E-state index >= 15 is 0 Å². The smallest absolute Gasteiger partial charge is 0.294 e. The first-order valence-electron chi connectivity index (χ1n) is 13.0. The maximum atomic E-state index is 13.0. The predicted molar refractivity (Wildman–Crippen MR) is 139 cm³/mol. The Bertz CT molecular complexity index is 1320. The first-order valence-corrected chi connectivity index (χ1v) is 13.0. The van der Waals surface area contributed by atoms with Crippen molar-refractivity contribution in [3.8, 4) is 0 Å². The van der Waals surface area contributed by atoms with Gasteiger partial charge < -0.3 is 20.7 Å². The Kier molecular flexibility index (Phi) is 6.25. The average Bonchev–Trinajstić information content (AvgIpc) is 3.26. The van der Waals surface area contributed by atoms with Gasteiger partial charge in [0.1, 0.15) is 0 Å². The van der Waals surface area contributed by atoms with Crippen LogP contribution in [0.3, 0.4) is 0 Å².